The molecule has 0 saturated heterocycles. The molecule has 9 nitrogen and oxygen atoms in total. The Hall–Kier alpha value is -3.10. The lowest BCUT2D eigenvalue weighted by molar-refractivity contribution is -0.142. The van der Waals surface area contributed by atoms with Gasteiger partial charge in [-0.15, -0.1) is 0 Å². The molecule has 40 heavy (non-hydrogen) atoms. The van der Waals surface area contributed by atoms with Gasteiger partial charge in [0.05, 0.1) is 0 Å². The van der Waals surface area contributed by atoms with E-state index < -0.39 is 35.6 Å². The first-order chi connectivity index (χ1) is 19.0. The maximum Gasteiger partial charge on any atom is 0.408 e. The van der Waals surface area contributed by atoms with Gasteiger partial charge >= 0.3 is 6.09 Å². The van der Waals surface area contributed by atoms with Crippen molar-refractivity contribution in [1.29, 1.82) is 0 Å². The largest absolute Gasteiger partial charge is 0.444 e. The van der Waals surface area contributed by atoms with Crippen molar-refractivity contribution in [1.82, 2.24) is 15.5 Å². The van der Waals surface area contributed by atoms with Crippen LogP contribution >= 0.6 is 0 Å². The standard InChI is InChI=1S/C31H52N4O5/c1-6-8-10-11-12-17-23-35(27(24-18-14-13-15-19-24)28(37)33-22-16-9-7-2)29(38)25(20-21-26(32)36)34-30(39)40-31(3,4)5/h13-15,18-19,25,27H,6-12,16-17,20-23H2,1-5H3,(H2,32,36)(H,33,37)(H,34,39). The third-order valence-electron chi connectivity index (χ3n) is 6.46. The first-order valence-corrected chi connectivity index (χ1v) is 14.9. The lowest BCUT2D eigenvalue weighted by Gasteiger charge is -2.34. The number of unbranched alkanes of at least 4 members (excludes halogenated alkanes) is 7. The zero-order valence-electron chi connectivity index (χ0n) is 25.3. The van der Waals surface area contributed by atoms with Gasteiger partial charge in [0.15, 0.2) is 0 Å². The second-order valence-corrected chi connectivity index (χ2v) is 11.3. The molecule has 226 valence electrons. The van der Waals surface area contributed by atoms with Crippen LogP contribution in [-0.2, 0) is 19.1 Å². The van der Waals surface area contributed by atoms with Crippen molar-refractivity contribution in [3.05, 3.63) is 35.9 Å². The molecule has 0 heterocycles. The van der Waals surface area contributed by atoms with E-state index in [2.05, 4.69) is 24.5 Å². The summed E-state index contributed by atoms with van der Waals surface area (Å²) in [5.74, 6) is -1.30. The van der Waals surface area contributed by atoms with Crippen LogP contribution in [0.25, 0.3) is 0 Å². The van der Waals surface area contributed by atoms with Crippen molar-refractivity contribution in [3.8, 4) is 0 Å². The number of benzene rings is 1. The van der Waals surface area contributed by atoms with Gasteiger partial charge in [-0.05, 0) is 45.6 Å². The third kappa shape index (κ3) is 14.3. The molecule has 2 unspecified atom stereocenters. The summed E-state index contributed by atoms with van der Waals surface area (Å²) in [6, 6.07) is 7.23. The molecule has 0 aromatic heterocycles. The first kappa shape index (κ1) is 34.9. The van der Waals surface area contributed by atoms with E-state index in [4.69, 9.17) is 10.5 Å². The van der Waals surface area contributed by atoms with Crippen LogP contribution in [0.3, 0.4) is 0 Å². The third-order valence-corrected chi connectivity index (χ3v) is 6.46. The highest BCUT2D eigenvalue weighted by Gasteiger charge is 2.36. The minimum absolute atomic E-state index is 0.0000380. The Morgan fingerprint density at radius 1 is 0.900 bits per heavy atom. The minimum atomic E-state index is -1.08. The number of rotatable bonds is 19. The molecule has 0 saturated carbocycles. The molecule has 1 rings (SSSR count). The number of carbonyl (C=O) groups is 4. The molecule has 0 aliphatic carbocycles. The van der Waals surface area contributed by atoms with Crippen LogP contribution < -0.4 is 16.4 Å². The molecule has 0 fully saturated rings. The van der Waals surface area contributed by atoms with Crippen LogP contribution in [0.15, 0.2) is 30.3 Å². The van der Waals surface area contributed by atoms with E-state index in [1.54, 1.807) is 25.7 Å². The van der Waals surface area contributed by atoms with Crippen molar-refractivity contribution in [3.63, 3.8) is 0 Å². The molecule has 0 aliphatic heterocycles. The average molecular weight is 561 g/mol. The highest BCUT2D eigenvalue weighted by atomic mass is 16.6. The fourth-order valence-electron chi connectivity index (χ4n) is 4.41. The number of alkyl carbamates (subject to hydrolysis) is 1. The van der Waals surface area contributed by atoms with Gasteiger partial charge < -0.3 is 26.0 Å². The van der Waals surface area contributed by atoms with E-state index in [1.807, 2.05) is 30.3 Å². The average Bonchev–Trinajstić information content (AvgIpc) is 2.89. The Labute approximate surface area is 241 Å². The second-order valence-electron chi connectivity index (χ2n) is 11.3. The Balaban J connectivity index is 3.35. The molecule has 1 aromatic rings. The van der Waals surface area contributed by atoms with E-state index in [9.17, 15) is 19.2 Å². The van der Waals surface area contributed by atoms with Gasteiger partial charge in [-0.1, -0.05) is 89.1 Å². The molecular weight excluding hydrogens is 508 g/mol. The number of hydrogen-bond donors (Lipinski definition) is 3. The predicted molar refractivity (Wildman–Crippen MR) is 158 cm³/mol. The van der Waals surface area contributed by atoms with Crippen LogP contribution in [0.1, 0.15) is 117 Å². The number of ether oxygens (including phenoxy) is 1. The molecule has 0 bridgehead atoms. The summed E-state index contributed by atoms with van der Waals surface area (Å²) < 4.78 is 5.39. The molecule has 4 N–H and O–H groups in total. The van der Waals surface area contributed by atoms with Crippen LogP contribution in [0, 0.1) is 0 Å². The van der Waals surface area contributed by atoms with Crippen LogP contribution in [0.5, 0.6) is 0 Å². The van der Waals surface area contributed by atoms with Gasteiger partial charge in [-0.2, -0.15) is 0 Å². The van der Waals surface area contributed by atoms with E-state index in [1.165, 1.54) is 0 Å². The summed E-state index contributed by atoms with van der Waals surface area (Å²) in [7, 11) is 0. The first-order valence-electron chi connectivity index (χ1n) is 14.9. The van der Waals surface area contributed by atoms with E-state index in [0.29, 0.717) is 25.1 Å². The quantitative estimate of drug-likeness (QED) is 0.196. The molecule has 1 aromatic carbocycles. The van der Waals surface area contributed by atoms with Crippen molar-refractivity contribution in [2.45, 2.75) is 123 Å². The summed E-state index contributed by atoms with van der Waals surface area (Å²) in [4.78, 5) is 53.6. The van der Waals surface area contributed by atoms with Crippen molar-refractivity contribution >= 4 is 23.8 Å². The van der Waals surface area contributed by atoms with Crippen LogP contribution in [0.2, 0.25) is 0 Å². The van der Waals surface area contributed by atoms with Crippen molar-refractivity contribution in [2.24, 2.45) is 5.73 Å². The predicted octanol–water partition coefficient (Wildman–Crippen LogP) is 5.38. The number of nitrogens with two attached hydrogens (primary N) is 1. The summed E-state index contributed by atoms with van der Waals surface area (Å²) in [5.41, 5.74) is 5.30. The van der Waals surface area contributed by atoms with E-state index in [0.717, 1.165) is 51.4 Å². The Bertz CT molecular complexity index is 901. The zero-order chi connectivity index (χ0) is 30.0. The number of nitrogens with zero attached hydrogens (tertiary/aromatic N) is 1. The molecule has 0 aliphatic rings. The Kier molecular flexibility index (Phi) is 16.6. The molecule has 2 atom stereocenters. The number of primary amides is 1. The van der Waals surface area contributed by atoms with Crippen LogP contribution in [-0.4, -0.2) is 53.4 Å². The number of nitrogens with one attached hydrogen (secondary N) is 2. The highest BCUT2D eigenvalue weighted by Crippen LogP contribution is 2.24. The normalized spacial score (nSPS) is 12.7. The highest BCUT2D eigenvalue weighted by molar-refractivity contribution is 5.92. The van der Waals surface area contributed by atoms with Gasteiger partial charge in [0.1, 0.15) is 17.7 Å². The topological polar surface area (TPSA) is 131 Å². The molecular formula is C31H52N4O5. The van der Waals surface area contributed by atoms with Gasteiger partial charge in [0.2, 0.25) is 17.7 Å². The van der Waals surface area contributed by atoms with Gasteiger partial charge in [-0.25, -0.2) is 4.79 Å². The maximum atomic E-state index is 14.1. The second kappa shape index (κ2) is 19.1. The number of amides is 4. The fourth-order valence-corrected chi connectivity index (χ4v) is 4.41. The molecule has 0 spiro atoms. The van der Waals surface area contributed by atoms with Gasteiger partial charge in [-0.3, -0.25) is 14.4 Å². The van der Waals surface area contributed by atoms with Gasteiger partial charge in [0, 0.05) is 19.5 Å². The minimum Gasteiger partial charge on any atom is -0.444 e. The number of hydrogen-bond acceptors (Lipinski definition) is 5. The SMILES string of the molecule is CCCCCCCCN(C(=O)C(CCC(N)=O)NC(=O)OC(C)(C)C)C(C(=O)NCCCCC)c1ccccc1. The number of carbonyl (C=O) groups excluding carboxylic acids is 4. The lowest BCUT2D eigenvalue weighted by atomic mass is 10.0. The smallest absolute Gasteiger partial charge is 0.408 e. The summed E-state index contributed by atoms with van der Waals surface area (Å²) in [6.07, 6.45) is 8.06. The summed E-state index contributed by atoms with van der Waals surface area (Å²) in [5, 5.41) is 5.65. The van der Waals surface area contributed by atoms with Crippen LogP contribution in [0.4, 0.5) is 4.79 Å². The Morgan fingerprint density at radius 3 is 2.10 bits per heavy atom. The fraction of sp³-hybridized carbons (Fsp3) is 0.677. The summed E-state index contributed by atoms with van der Waals surface area (Å²) >= 11 is 0. The molecule has 9 heteroatoms. The van der Waals surface area contributed by atoms with Crippen molar-refractivity contribution in [2.75, 3.05) is 13.1 Å². The molecule has 4 amide bonds. The zero-order valence-corrected chi connectivity index (χ0v) is 25.3. The van der Waals surface area contributed by atoms with Crippen molar-refractivity contribution < 1.29 is 23.9 Å². The van der Waals surface area contributed by atoms with E-state index in [-0.39, 0.29) is 18.7 Å². The van der Waals surface area contributed by atoms with E-state index >= 15 is 0 Å². The lowest BCUT2D eigenvalue weighted by Crippen LogP contribution is -2.53. The summed E-state index contributed by atoms with van der Waals surface area (Å²) in [6.45, 7) is 10.3. The maximum absolute atomic E-state index is 14.1. The Morgan fingerprint density at radius 2 is 1.50 bits per heavy atom. The molecule has 0 radical (unpaired) electrons. The monoisotopic (exact) mass is 560 g/mol. The van der Waals surface area contributed by atoms with Gasteiger partial charge in [0.25, 0.3) is 0 Å².